The molecule has 0 N–H and O–H groups in total. The van der Waals surface area contributed by atoms with Crippen molar-refractivity contribution < 1.29 is 4.79 Å². The van der Waals surface area contributed by atoms with Crippen LogP contribution in [0, 0.1) is 11.8 Å². The number of hydrogen-bond acceptors (Lipinski definition) is 2. The van der Waals surface area contributed by atoms with E-state index in [1.54, 1.807) is 6.92 Å². The summed E-state index contributed by atoms with van der Waals surface area (Å²) in [6.07, 6.45) is 21.1. The van der Waals surface area contributed by atoms with Gasteiger partial charge < -0.3 is 9.69 Å². The lowest BCUT2D eigenvalue weighted by Crippen LogP contribution is -2.20. The Morgan fingerprint density at radius 1 is 0.804 bits per heavy atom. The molecule has 1 saturated carbocycles. The van der Waals surface area contributed by atoms with Gasteiger partial charge >= 0.3 is 0 Å². The number of Topliss-reactive ketones (excluding diaryl/α,β-unsaturated/α-hetero) is 1. The van der Waals surface area contributed by atoms with E-state index in [0.29, 0.717) is 11.7 Å². The maximum atomic E-state index is 10.6. The Hall–Kier alpha value is -2.61. The molecular weight excluding hydrogens is 558 g/mol. The second-order valence-electron chi connectivity index (χ2n) is 13.5. The second kappa shape index (κ2) is 27.5. The lowest BCUT2D eigenvalue weighted by Gasteiger charge is -2.31. The Bertz CT molecular complexity index is 1070. The number of benzene rings is 2. The number of nitrogens with zero attached hydrogens (tertiary/aromatic N) is 1. The number of anilines is 2. The highest BCUT2D eigenvalue weighted by Crippen LogP contribution is 2.37. The van der Waals surface area contributed by atoms with Gasteiger partial charge in [0.1, 0.15) is 5.78 Å². The van der Waals surface area contributed by atoms with Crippen LogP contribution in [0.25, 0.3) is 5.57 Å². The highest BCUT2D eigenvalue weighted by Gasteiger charge is 2.19. The summed E-state index contributed by atoms with van der Waals surface area (Å²) in [5.74, 6) is 1.79. The molecule has 0 radical (unpaired) electrons. The number of para-hydroxylation sites is 1. The number of rotatable bonds is 17. The van der Waals surface area contributed by atoms with E-state index in [-0.39, 0.29) is 0 Å². The van der Waals surface area contributed by atoms with E-state index in [1.807, 2.05) is 0 Å². The van der Waals surface area contributed by atoms with Gasteiger partial charge in [-0.2, -0.15) is 0 Å². The highest BCUT2D eigenvalue weighted by atomic mass is 16.1. The predicted molar refractivity (Wildman–Crippen MR) is 209 cm³/mol. The molecule has 0 spiro atoms. The molecule has 2 aromatic rings. The molecule has 0 aromatic heterocycles. The van der Waals surface area contributed by atoms with Crippen LogP contribution in [0.1, 0.15) is 170 Å². The summed E-state index contributed by atoms with van der Waals surface area (Å²) in [4.78, 5) is 12.9. The topological polar surface area (TPSA) is 20.3 Å². The van der Waals surface area contributed by atoms with Gasteiger partial charge in [0.15, 0.2) is 0 Å². The summed E-state index contributed by atoms with van der Waals surface area (Å²) >= 11 is 0. The molecule has 0 bridgehead atoms. The fourth-order valence-electron chi connectivity index (χ4n) is 4.73. The molecule has 1 aliphatic carbocycles. The monoisotopic (exact) mass is 632 g/mol. The Balaban J connectivity index is 0.000000828. The minimum absolute atomic E-state index is 0.337. The third-order valence-corrected chi connectivity index (χ3v) is 8.27. The van der Waals surface area contributed by atoms with Gasteiger partial charge in [0.05, 0.1) is 5.69 Å². The number of unbranched alkanes of at least 4 members (excludes halogenated alkanes) is 7. The molecule has 46 heavy (non-hydrogen) atoms. The van der Waals surface area contributed by atoms with Gasteiger partial charge in [0.2, 0.25) is 0 Å². The SMILES string of the molecule is C=C(C(C)C)N(c1ccc(CCC)cc1)c1ccccc1/C(C)=C\CC.CC1CC1.CCCC.CCCCCCCCCC(C)=O. The number of hydrogen-bond donors (Lipinski definition) is 0. The largest absolute Gasteiger partial charge is 0.314 e. The molecule has 2 aromatic carbocycles. The molecule has 0 unspecified atom stereocenters. The molecule has 2 nitrogen and oxygen atoms in total. The lowest BCUT2D eigenvalue weighted by atomic mass is 10.0. The van der Waals surface area contributed by atoms with Crippen LogP contribution in [0.15, 0.2) is 66.9 Å². The van der Waals surface area contributed by atoms with Crippen molar-refractivity contribution in [1.29, 1.82) is 0 Å². The summed E-state index contributed by atoms with van der Waals surface area (Å²) in [6.45, 7) is 26.0. The van der Waals surface area contributed by atoms with E-state index in [1.165, 1.54) is 98.7 Å². The van der Waals surface area contributed by atoms with Gasteiger partial charge in [0.25, 0.3) is 0 Å². The minimum Gasteiger partial charge on any atom is -0.314 e. The van der Waals surface area contributed by atoms with Crippen LogP contribution < -0.4 is 4.90 Å². The molecular formula is C44H73NO. The third-order valence-electron chi connectivity index (χ3n) is 8.27. The second-order valence-corrected chi connectivity index (χ2v) is 13.5. The zero-order valence-electron chi connectivity index (χ0n) is 32.0. The van der Waals surface area contributed by atoms with Crippen molar-refractivity contribution in [2.24, 2.45) is 11.8 Å². The van der Waals surface area contributed by atoms with E-state index in [4.69, 9.17) is 0 Å². The molecule has 0 saturated heterocycles. The first-order valence-electron chi connectivity index (χ1n) is 18.9. The molecule has 1 aliphatic rings. The van der Waals surface area contributed by atoms with E-state index >= 15 is 0 Å². The van der Waals surface area contributed by atoms with E-state index in [9.17, 15) is 4.79 Å². The van der Waals surface area contributed by atoms with Crippen molar-refractivity contribution >= 4 is 22.7 Å². The number of carbonyl (C=O) groups excluding carboxylic acids is 1. The normalized spacial score (nSPS) is 12.2. The van der Waals surface area contributed by atoms with Crippen molar-refractivity contribution in [3.8, 4) is 0 Å². The third kappa shape index (κ3) is 20.5. The van der Waals surface area contributed by atoms with Crippen LogP contribution in [0.4, 0.5) is 11.4 Å². The average Bonchev–Trinajstić information content (AvgIpc) is 3.84. The van der Waals surface area contributed by atoms with Crippen LogP contribution in [0.5, 0.6) is 0 Å². The molecule has 0 aliphatic heterocycles. The molecule has 2 heteroatoms. The standard InChI is InChI=1S/C25H33N.C11H22O.C4H8.C4H10/c1-7-11-20(5)24-13-9-10-14-25(24)26(21(6)19(3)4)23-17-15-22(12-8-2)16-18-23;1-3-4-5-6-7-8-9-10-11(2)12;1-4-2-3-4;1-3-4-2/h9-11,13-19H,6-8,12H2,1-5H3;3-10H2,1-2H3;4H,2-3H2,1H3;3-4H2,1-2H3/b20-11-;;;. The number of allylic oxidation sites excluding steroid dienone is 3. The summed E-state index contributed by atoms with van der Waals surface area (Å²) < 4.78 is 0. The summed E-state index contributed by atoms with van der Waals surface area (Å²) in [5, 5.41) is 0. The highest BCUT2D eigenvalue weighted by molar-refractivity contribution is 5.81. The van der Waals surface area contributed by atoms with E-state index in [2.05, 4.69) is 128 Å². The molecule has 0 atom stereocenters. The summed E-state index contributed by atoms with van der Waals surface area (Å²) in [7, 11) is 0. The van der Waals surface area contributed by atoms with Crippen molar-refractivity contribution in [3.63, 3.8) is 0 Å². The minimum atomic E-state index is 0.337. The molecule has 3 rings (SSSR count). The first kappa shape index (κ1) is 43.4. The maximum absolute atomic E-state index is 10.6. The first-order valence-corrected chi connectivity index (χ1v) is 18.9. The van der Waals surface area contributed by atoms with Gasteiger partial charge in [0, 0.05) is 23.4 Å². The van der Waals surface area contributed by atoms with Gasteiger partial charge in [-0.05, 0) is 74.3 Å². The van der Waals surface area contributed by atoms with Gasteiger partial charge in [-0.25, -0.2) is 0 Å². The van der Waals surface area contributed by atoms with Crippen molar-refractivity contribution in [2.75, 3.05) is 4.90 Å². The Morgan fingerprint density at radius 3 is 1.80 bits per heavy atom. The molecule has 0 amide bonds. The quantitative estimate of drug-likeness (QED) is 0.162. The van der Waals surface area contributed by atoms with Crippen molar-refractivity contribution in [1.82, 2.24) is 0 Å². The average molecular weight is 632 g/mol. The maximum Gasteiger partial charge on any atom is 0.129 e. The van der Waals surface area contributed by atoms with Gasteiger partial charge in [-0.15, -0.1) is 0 Å². The van der Waals surface area contributed by atoms with Crippen LogP contribution in [0.3, 0.4) is 0 Å². The molecule has 1 fully saturated rings. The number of aryl methyl sites for hydroxylation is 1. The summed E-state index contributed by atoms with van der Waals surface area (Å²) in [5.41, 5.74) is 7.48. The Labute approximate surface area is 287 Å². The predicted octanol–water partition coefficient (Wildman–Crippen LogP) is 14.7. The van der Waals surface area contributed by atoms with Gasteiger partial charge in [-0.3, -0.25) is 0 Å². The Kier molecular flexibility index (Phi) is 25.9. The van der Waals surface area contributed by atoms with Crippen molar-refractivity contribution in [2.45, 2.75) is 166 Å². The van der Waals surface area contributed by atoms with Crippen LogP contribution in [0.2, 0.25) is 0 Å². The smallest absolute Gasteiger partial charge is 0.129 e. The van der Waals surface area contributed by atoms with Crippen LogP contribution in [-0.4, -0.2) is 5.78 Å². The molecule has 260 valence electrons. The zero-order chi connectivity index (χ0) is 34.7. The number of carbonyl (C=O) groups is 1. The van der Waals surface area contributed by atoms with E-state index < -0.39 is 0 Å². The Morgan fingerprint density at radius 2 is 1.35 bits per heavy atom. The lowest BCUT2D eigenvalue weighted by molar-refractivity contribution is -0.117. The summed E-state index contributed by atoms with van der Waals surface area (Å²) in [6, 6.07) is 17.6. The first-order chi connectivity index (χ1) is 22.1. The van der Waals surface area contributed by atoms with Crippen LogP contribution in [-0.2, 0) is 11.2 Å². The number of ketones is 1. The zero-order valence-corrected chi connectivity index (χ0v) is 32.0. The van der Waals surface area contributed by atoms with E-state index in [0.717, 1.165) is 37.3 Å². The fraction of sp³-hybridized carbons (Fsp3) is 0.614. The van der Waals surface area contributed by atoms with Gasteiger partial charge in [-0.1, -0.05) is 169 Å². The van der Waals surface area contributed by atoms with Crippen molar-refractivity contribution in [3.05, 3.63) is 78.0 Å². The fourth-order valence-corrected chi connectivity index (χ4v) is 4.73. The molecule has 0 heterocycles. The van der Waals surface area contributed by atoms with Crippen LogP contribution >= 0.6 is 0 Å².